The Morgan fingerprint density at radius 2 is 1.96 bits per heavy atom. The molecule has 0 spiro atoms. The monoisotopic (exact) mass is 349 g/mol. The number of aromatic nitrogens is 2. The highest BCUT2D eigenvalue weighted by atomic mass is 16.5. The molecule has 0 aliphatic rings. The molecule has 0 bridgehead atoms. The maximum Gasteiger partial charge on any atom is 0.256 e. The number of ether oxygens (including phenoxy) is 1. The van der Waals surface area contributed by atoms with Crippen molar-refractivity contribution in [2.45, 2.75) is 26.8 Å². The van der Waals surface area contributed by atoms with E-state index in [2.05, 4.69) is 41.6 Å². The SMILES string of the molecule is CCCOc1cccc(C(=O)Nc2ccnn2Cc2ccc(C)cc2)c1. The van der Waals surface area contributed by atoms with Crippen LogP contribution in [0, 0.1) is 6.92 Å². The van der Waals surface area contributed by atoms with Gasteiger partial charge < -0.3 is 10.1 Å². The van der Waals surface area contributed by atoms with E-state index < -0.39 is 0 Å². The summed E-state index contributed by atoms with van der Waals surface area (Å²) in [6.45, 7) is 5.34. The van der Waals surface area contributed by atoms with Crippen molar-refractivity contribution in [1.29, 1.82) is 0 Å². The average Bonchev–Trinajstić information content (AvgIpc) is 3.08. The van der Waals surface area contributed by atoms with Crippen LogP contribution in [0.15, 0.2) is 60.8 Å². The summed E-state index contributed by atoms with van der Waals surface area (Å²) in [5.41, 5.74) is 2.90. The summed E-state index contributed by atoms with van der Waals surface area (Å²) in [5.74, 6) is 1.18. The second-order valence-electron chi connectivity index (χ2n) is 6.19. The Hall–Kier alpha value is -3.08. The number of rotatable bonds is 7. The number of benzene rings is 2. The van der Waals surface area contributed by atoms with Crippen molar-refractivity contribution < 1.29 is 9.53 Å². The molecule has 26 heavy (non-hydrogen) atoms. The molecule has 3 rings (SSSR count). The number of nitrogens with zero attached hydrogens (tertiary/aromatic N) is 2. The molecule has 0 fully saturated rings. The number of aryl methyl sites for hydroxylation is 1. The van der Waals surface area contributed by atoms with E-state index in [9.17, 15) is 4.79 Å². The van der Waals surface area contributed by atoms with Crippen LogP contribution in [-0.4, -0.2) is 22.3 Å². The third kappa shape index (κ3) is 4.51. The van der Waals surface area contributed by atoms with E-state index in [1.807, 2.05) is 19.1 Å². The zero-order valence-electron chi connectivity index (χ0n) is 15.1. The van der Waals surface area contributed by atoms with Gasteiger partial charge in [-0.2, -0.15) is 5.10 Å². The van der Waals surface area contributed by atoms with Crippen molar-refractivity contribution in [2.75, 3.05) is 11.9 Å². The van der Waals surface area contributed by atoms with E-state index in [1.165, 1.54) is 5.56 Å². The maximum absolute atomic E-state index is 12.6. The van der Waals surface area contributed by atoms with E-state index in [4.69, 9.17) is 4.74 Å². The van der Waals surface area contributed by atoms with Gasteiger partial charge in [-0.15, -0.1) is 0 Å². The predicted octanol–water partition coefficient (Wildman–Crippen LogP) is 4.28. The van der Waals surface area contributed by atoms with Crippen molar-refractivity contribution in [3.8, 4) is 5.75 Å². The molecular weight excluding hydrogens is 326 g/mol. The van der Waals surface area contributed by atoms with Crippen LogP contribution in [0.1, 0.15) is 34.8 Å². The van der Waals surface area contributed by atoms with Crippen LogP contribution in [0.5, 0.6) is 5.75 Å². The Morgan fingerprint density at radius 1 is 1.15 bits per heavy atom. The van der Waals surface area contributed by atoms with Gasteiger partial charge in [0.15, 0.2) is 0 Å². The minimum absolute atomic E-state index is 0.183. The number of nitrogens with one attached hydrogen (secondary N) is 1. The number of carbonyl (C=O) groups excluding carboxylic acids is 1. The Labute approximate surface area is 153 Å². The summed E-state index contributed by atoms with van der Waals surface area (Å²) in [5, 5.41) is 7.24. The van der Waals surface area contributed by atoms with Crippen molar-refractivity contribution in [3.05, 3.63) is 77.5 Å². The lowest BCUT2D eigenvalue weighted by Gasteiger charge is -2.10. The third-order valence-electron chi connectivity index (χ3n) is 3.98. The van der Waals surface area contributed by atoms with E-state index in [0.717, 1.165) is 12.0 Å². The van der Waals surface area contributed by atoms with Gasteiger partial charge in [0.05, 0.1) is 19.3 Å². The molecule has 3 aromatic rings. The van der Waals surface area contributed by atoms with Gasteiger partial charge >= 0.3 is 0 Å². The summed E-state index contributed by atoms with van der Waals surface area (Å²) in [6, 6.07) is 17.3. The Kier molecular flexibility index (Phi) is 5.69. The zero-order chi connectivity index (χ0) is 18.4. The molecule has 0 radical (unpaired) electrons. The lowest BCUT2D eigenvalue weighted by atomic mass is 10.1. The molecule has 1 heterocycles. The molecule has 1 amide bonds. The lowest BCUT2D eigenvalue weighted by molar-refractivity contribution is 0.102. The summed E-state index contributed by atoms with van der Waals surface area (Å²) < 4.78 is 7.37. The fraction of sp³-hybridized carbons (Fsp3) is 0.238. The molecular formula is C21H23N3O2. The summed E-state index contributed by atoms with van der Waals surface area (Å²) in [4.78, 5) is 12.6. The highest BCUT2D eigenvalue weighted by Crippen LogP contribution is 2.16. The van der Waals surface area contributed by atoms with Crippen LogP contribution < -0.4 is 10.1 Å². The quantitative estimate of drug-likeness (QED) is 0.692. The zero-order valence-corrected chi connectivity index (χ0v) is 15.1. The summed E-state index contributed by atoms with van der Waals surface area (Å²) in [6.07, 6.45) is 2.61. The van der Waals surface area contributed by atoms with Gasteiger partial charge in [-0.25, -0.2) is 4.68 Å². The summed E-state index contributed by atoms with van der Waals surface area (Å²) in [7, 11) is 0. The van der Waals surface area contributed by atoms with E-state index >= 15 is 0 Å². The molecule has 0 saturated carbocycles. The molecule has 0 saturated heterocycles. The van der Waals surface area contributed by atoms with Crippen LogP contribution in [0.3, 0.4) is 0 Å². The van der Waals surface area contributed by atoms with Gasteiger partial charge in [0.25, 0.3) is 5.91 Å². The molecule has 1 N–H and O–H groups in total. The Balaban J connectivity index is 1.70. The average molecular weight is 349 g/mol. The van der Waals surface area contributed by atoms with Crippen molar-refractivity contribution in [2.24, 2.45) is 0 Å². The first-order valence-corrected chi connectivity index (χ1v) is 8.77. The Morgan fingerprint density at radius 3 is 2.73 bits per heavy atom. The second-order valence-corrected chi connectivity index (χ2v) is 6.19. The van der Waals surface area contributed by atoms with Crippen molar-refractivity contribution in [1.82, 2.24) is 9.78 Å². The van der Waals surface area contributed by atoms with Crippen LogP contribution in [0.25, 0.3) is 0 Å². The van der Waals surface area contributed by atoms with Crippen LogP contribution in [0.2, 0.25) is 0 Å². The fourth-order valence-corrected chi connectivity index (χ4v) is 2.57. The number of carbonyl (C=O) groups is 1. The number of anilines is 1. The van der Waals surface area contributed by atoms with Gasteiger partial charge in [-0.1, -0.05) is 42.8 Å². The minimum Gasteiger partial charge on any atom is -0.494 e. The van der Waals surface area contributed by atoms with Gasteiger partial charge in [0.2, 0.25) is 0 Å². The molecule has 0 aliphatic heterocycles. The largest absolute Gasteiger partial charge is 0.494 e. The van der Waals surface area contributed by atoms with Crippen LogP contribution >= 0.6 is 0 Å². The van der Waals surface area contributed by atoms with Gasteiger partial charge in [0.1, 0.15) is 11.6 Å². The molecule has 134 valence electrons. The first-order valence-electron chi connectivity index (χ1n) is 8.77. The summed E-state index contributed by atoms with van der Waals surface area (Å²) >= 11 is 0. The first kappa shape index (κ1) is 17.7. The van der Waals surface area contributed by atoms with Crippen LogP contribution in [0.4, 0.5) is 5.82 Å². The fourth-order valence-electron chi connectivity index (χ4n) is 2.57. The number of amides is 1. The Bertz CT molecular complexity index is 869. The van der Waals surface area contributed by atoms with E-state index in [0.29, 0.717) is 30.3 Å². The smallest absolute Gasteiger partial charge is 0.256 e. The maximum atomic E-state index is 12.6. The standard InChI is InChI=1S/C21H23N3O2/c1-3-13-26-19-6-4-5-18(14-19)21(25)23-20-11-12-22-24(20)15-17-9-7-16(2)8-10-17/h4-12,14H,3,13,15H2,1-2H3,(H,23,25). The third-order valence-corrected chi connectivity index (χ3v) is 3.98. The van der Waals surface area contributed by atoms with Crippen molar-refractivity contribution >= 4 is 11.7 Å². The number of hydrogen-bond donors (Lipinski definition) is 1. The molecule has 0 atom stereocenters. The minimum atomic E-state index is -0.183. The number of hydrogen-bond acceptors (Lipinski definition) is 3. The molecule has 1 aromatic heterocycles. The normalized spacial score (nSPS) is 10.5. The highest BCUT2D eigenvalue weighted by Gasteiger charge is 2.11. The van der Waals surface area contributed by atoms with Gasteiger partial charge in [0, 0.05) is 11.6 Å². The lowest BCUT2D eigenvalue weighted by Crippen LogP contribution is -2.16. The molecule has 5 heteroatoms. The molecule has 5 nitrogen and oxygen atoms in total. The van der Waals surface area contributed by atoms with Crippen LogP contribution in [-0.2, 0) is 6.54 Å². The first-order chi connectivity index (χ1) is 12.7. The topological polar surface area (TPSA) is 56.1 Å². The van der Waals surface area contributed by atoms with E-state index in [1.54, 1.807) is 29.1 Å². The van der Waals surface area contributed by atoms with Crippen molar-refractivity contribution in [3.63, 3.8) is 0 Å². The molecule has 0 unspecified atom stereocenters. The molecule has 2 aromatic carbocycles. The van der Waals surface area contributed by atoms with Gasteiger partial charge in [-0.3, -0.25) is 4.79 Å². The molecule has 0 aliphatic carbocycles. The highest BCUT2D eigenvalue weighted by molar-refractivity contribution is 6.04. The van der Waals surface area contributed by atoms with Gasteiger partial charge in [-0.05, 0) is 37.1 Å². The second kappa shape index (κ2) is 8.34. The predicted molar refractivity (Wildman–Crippen MR) is 103 cm³/mol. The van der Waals surface area contributed by atoms with E-state index in [-0.39, 0.29) is 5.91 Å².